The molecule has 0 spiro atoms. The van der Waals surface area contributed by atoms with Crippen LogP contribution in [0.15, 0.2) is 36.5 Å². The highest BCUT2D eigenvalue weighted by atomic mass is 16.6. The second-order valence-electron chi connectivity index (χ2n) is 12.8. The third kappa shape index (κ3) is 7.58. The molecule has 2 aliphatic rings. The molecule has 248 valence electrons. The van der Waals surface area contributed by atoms with Gasteiger partial charge < -0.3 is 20.1 Å². The molecule has 11 heteroatoms. The smallest absolute Gasteiger partial charge is 0.342 e. The van der Waals surface area contributed by atoms with Crippen molar-refractivity contribution in [1.29, 1.82) is 0 Å². The number of rotatable bonds is 17. The van der Waals surface area contributed by atoms with Gasteiger partial charge in [0.15, 0.2) is 5.82 Å². The maximum absolute atomic E-state index is 13.6. The quantitative estimate of drug-likeness (QED) is 0.0838. The normalized spacial score (nSPS) is 16.1. The molecule has 1 aromatic heterocycles. The summed E-state index contributed by atoms with van der Waals surface area (Å²) in [5.41, 5.74) is 1.87. The molecular formula is C35H48N6O5. The molecule has 1 unspecified atom stereocenters. The lowest BCUT2D eigenvalue weighted by Gasteiger charge is -2.37. The van der Waals surface area contributed by atoms with E-state index in [1.165, 1.54) is 68.8 Å². The topological polar surface area (TPSA) is 125 Å². The number of aromatic nitrogens is 2. The summed E-state index contributed by atoms with van der Waals surface area (Å²) in [5.74, 6) is -0.839. The van der Waals surface area contributed by atoms with Gasteiger partial charge in [0.2, 0.25) is 0 Å². The van der Waals surface area contributed by atoms with Crippen molar-refractivity contribution in [1.82, 2.24) is 19.4 Å². The Labute approximate surface area is 271 Å². The van der Waals surface area contributed by atoms with Crippen LogP contribution in [0.4, 0.5) is 11.5 Å². The highest BCUT2D eigenvalue weighted by Crippen LogP contribution is 2.36. The first-order valence-corrected chi connectivity index (χ1v) is 17.0. The average Bonchev–Trinajstić information content (AvgIpc) is 3.42. The van der Waals surface area contributed by atoms with E-state index in [1.54, 1.807) is 19.1 Å². The largest absolute Gasteiger partial charge is 0.387 e. The van der Waals surface area contributed by atoms with Crippen LogP contribution < -0.4 is 4.90 Å². The Morgan fingerprint density at radius 1 is 0.870 bits per heavy atom. The number of imidazole rings is 1. The number of anilines is 1. The van der Waals surface area contributed by atoms with Crippen LogP contribution in [0.3, 0.4) is 0 Å². The number of hydrogen-bond acceptors (Lipinski definition) is 8. The zero-order valence-electron chi connectivity index (χ0n) is 27.3. The van der Waals surface area contributed by atoms with E-state index >= 15 is 0 Å². The predicted molar refractivity (Wildman–Crippen MR) is 179 cm³/mol. The second kappa shape index (κ2) is 15.6. The van der Waals surface area contributed by atoms with Gasteiger partial charge in [0, 0.05) is 60.7 Å². The van der Waals surface area contributed by atoms with E-state index in [2.05, 4.69) is 21.7 Å². The van der Waals surface area contributed by atoms with Crippen molar-refractivity contribution in [2.24, 2.45) is 0 Å². The summed E-state index contributed by atoms with van der Waals surface area (Å²) in [6, 6.07) is 9.29. The highest BCUT2D eigenvalue weighted by Gasteiger charge is 2.36. The Balaban J connectivity index is 1.17. The number of nitro groups is 1. The fourth-order valence-electron chi connectivity index (χ4n) is 6.91. The minimum absolute atomic E-state index is 0.166. The maximum atomic E-state index is 13.6. The van der Waals surface area contributed by atoms with Gasteiger partial charge >= 0.3 is 5.82 Å². The number of unbranched alkanes of at least 4 members (excludes halogenated alkanes) is 9. The first kappa shape index (κ1) is 33.5. The van der Waals surface area contributed by atoms with E-state index in [0.29, 0.717) is 22.3 Å². The van der Waals surface area contributed by atoms with Crippen molar-refractivity contribution in [3.63, 3.8) is 0 Å². The summed E-state index contributed by atoms with van der Waals surface area (Å²) in [6.45, 7) is 8.28. The van der Waals surface area contributed by atoms with Crippen molar-refractivity contribution in [3.05, 3.63) is 63.6 Å². The van der Waals surface area contributed by atoms with Crippen molar-refractivity contribution < 1.29 is 19.6 Å². The number of carbonyl (C=O) groups is 2. The molecule has 2 aliphatic heterocycles. The molecule has 11 nitrogen and oxygen atoms in total. The van der Waals surface area contributed by atoms with Gasteiger partial charge in [0.1, 0.15) is 18.8 Å². The number of hydrogen-bond donors (Lipinski definition) is 1. The summed E-state index contributed by atoms with van der Waals surface area (Å²) >= 11 is 0. The van der Waals surface area contributed by atoms with Gasteiger partial charge in [-0.15, -0.1) is 0 Å². The molecule has 0 radical (unpaired) electrons. The van der Waals surface area contributed by atoms with Gasteiger partial charge in [-0.2, -0.15) is 0 Å². The SMILES string of the molecule is CCCCCCCCCCCCN1CCN(c2ccc3c4c(cccc24)C(=O)N(CC(O)Cn2c([N+](=O)[O-])cnc2C)C3=O)CC1. The molecule has 2 aromatic carbocycles. The first-order chi connectivity index (χ1) is 22.3. The number of imide groups is 1. The van der Waals surface area contributed by atoms with Crippen molar-refractivity contribution in [3.8, 4) is 0 Å². The fourth-order valence-corrected chi connectivity index (χ4v) is 6.91. The number of piperazine rings is 1. The maximum Gasteiger partial charge on any atom is 0.342 e. The van der Waals surface area contributed by atoms with Crippen LogP contribution in [0.2, 0.25) is 0 Å². The number of carbonyl (C=O) groups excluding carboxylic acids is 2. The van der Waals surface area contributed by atoms with Crippen molar-refractivity contribution >= 4 is 34.1 Å². The summed E-state index contributed by atoms with van der Waals surface area (Å²) < 4.78 is 1.28. The van der Waals surface area contributed by atoms with Gasteiger partial charge in [-0.05, 0) is 36.1 Å². The molecule has 1 saturated heterocycles. The van der Waals surface area contributed by atoms with Crippen LogP contribution in [-0.4, -0.2) is 86.6 Å². The van der Waals surface area contributed by atoms with Crippen molar-refractivity contribution in [2.75, 3.05) is 44.2 Å². The molecule has 3 aromatic rings. The minimum Gasteiger partial charge on any atom is -0.387 e. The minimum atomic E-state index is -1.21. The molecular weight excluding hydrogens is 584 g/mol. The highest BCUT2D eigenvalue weighted by molar-refractivity contribution is 6.26. The standard InChI is InChI=1S/C35H48N6O5/c1-3-4-5-6-7-8-9-10-11-12-18-37-19-21-38(22-20-37)31-17-16-30-33-28(31)14-13-15-29(33)34(43)40(35(30)44)25-27(42)24-39-26(2)36-23-32(39)41(45)46/h13-17,23,27,42H,3-12,18-22,24-25H2,1-2H3. The van der Waals surface area contributed by atoms with Crippen molar-refractivity contribution in [2.45, 2.75) is 90.7 Å². The lowest BCUT2D eigenvalue weighted by Crippen LogP contribution is -2.47. The number of nitrogens with zero attached hydrogens (tertiary/aromatic N) is 6. The van der Waals surface area contributed by atoms with E-state index < -0.39 is 22.8 Å². The average molecular weight is 633 g/mol. The molecule has 0 saturated carbocycles. The zero-order chi connectivity index (χ0) is 32.6. The number of aliphatic hydroxyl groups excluding tert-OH is 1. The zero-order valence-corrected chi connectivity index (χ0v) is 27.3. The van der Waals surface area contributed by atoms with Crippen LogP contribution in [0, 0.1) is 17.0 Å². The van der Waals surface area contributed by atoms with E-state index in [0.717, 1.165) is 54.9 Å². The Hall–Kier alpha value is -3.83. The predicted octanol–water partition coefficient (Wildman–Crippen LogP) is 5.95. The van der Waals surface area contributed by atoms with Crippen LogP contribution >= 0.6 is 0 Å². The van der Waals surface area contributed by atoms with E-state index in [-0.39, 0.29) is 18.9 Å². The Kier molecular flexibility index (Phi) is 11.4. The Morgan fingerprint density at radius 2 is 1.50 bits per heavy atom. The number of benzene rings is 2. The number of aliphatic hydroxyl groups is 1. The monoisotopic (exact) mass is 632 g/mol. The number of aryl methyl sites for hydroxylation is 1. The Morgan fingerprint density at radius 3 is 2.15 bits per heavy atom. The lowest BCUT2D eigenvalue weighted by molar-refractivity contribution is -0.392. The van der Waals surface area contributed by atoms with Gasteiger partial charge in [-0.1, -0.05) is 76.8 Å². The third-order valence-corrected chi connectivity index (χ3v) is 9.52. The first-order valence-electron chi connectivity index (χ1n) is 17.0. The lowest BCUT2D eigenvalue weighted by atomic mass is 9.92. The Bertz CT molecular complexity index is 1510. The molecule has 3 heterocycles. The fraction of sp³-hybridized carbons (Fsp3) is 0.571. The van der Waals surface area contributed by atoms with E-state index in [1.807, 2.05) is 18.2 Å². The van der Waals surface area contributed by atoms with Crippen LogP contribution in [0.1, 0.15) is 97.7 Å². The second-order valence-corrected chi connectivity index (χ2v) is 12.8. The van der Waals surface area contributed by atoms with Gasteiger partial charge in [-0.25, -0.2) is 9.55 Å². The molecule has 2 amide bonds. The molecule has 1 atom stereocenters. The van der Waals surface area contributed by atoms with Crippen LogP contribution in [-0.2, 0) is 6.54 Å². The van der Waals surface area contributed by atoms with Crippen LogP contribution in [0.25, 0.3) is 10.8 Å². The molecule has 0 bridgehead atoms. The third-order valence-electron chi connectivity index (χ3n) is 9.52. The van der Waals surface area contributed by atoms with Crippen LogP contribution in [0.5, 0.6) is 0 Å². The summed E-state index contributed by atoms with van der Waals surface area (Å²) in [4.78, 5) is 47.9. The molecule has 1 N–H and O–H groups in total. The van der Waals surface area contributed by atoms with E-state index in [4.69, 9.17) is 0 Å². The molecule has 5 rings (SSSR count). The molecule has 1 fully saturated rings. The molecule has 46 heavy (non-hydrogen) atoms. The molecule has 0 aliphatic carbocycles. The summed E-state index contributed by atoms with van der Waals surface area (Å²) in [5, 5.41) is 23.7. The number of β-amino-alcohol motifs (C(OH)–C–C–N with tert-alkyl or cyclic N) is 1. The van der Waals surface area contributed by atoms with E-state index in [9.17, 15) is 24.8 Å². The number of amides is 2. The van der Waals surface area contributed by atoms with Gasteiger partial charge in [0.05, 0.1) is 6.54 Å². The summed E-state index contributed by atoms with van der Waals surface area (Å²) in [6.07, 6.45) is 13.3. The van der Waals surface area contributed by atoms with Gasteiger partial charge in [0.25, 0.3) is 11.8 Å². The van der Waals surface area contributed by atoms with Gasteiger partial charge in [-0.3, -0.25) is 19.4 Å². The summed E-state index contributed by atoms with van der Waals surface area (Å²) in [7, 11) is 0.